The lowest BCUT2D eigenvalue weighted by atomic mass is 10.2. The number of rotatable bonds is 7. The van der Waals surface area contributed by atoms with E-state index in [0.29, 0.717) is 23.8 Å². The fourth-order valence-corrected chi connectivity index (χ4v) is 4.90. The highest BCUT2D eigenvalue weighted by Gasteiger charge is 2.23. The zero-order chi connectivity index (χ0) is 20.7. The molecule has 0 spiro atoms. The van der Waals surface area contributed by atoms with Crippen molar-refractivity contribution in [1.29, 1.82) is 0 Å². The van der Waals surface area contributed by atoms with Crippen LogP contribution in [0.2, 0.25) is 5.02 Å². The number of hydrogen-bond donors (Lipinski definition) is 2. The molecule has 0 bridgehead atoms. The molecule has 29 heavy (non-hydrogen) atoms. The first-order valence-electron chi connectivity index (χ1n) is 9.73. The second-order valence-corrected chi connectivity index (χ2v) is 9.59. The largest absolute Gasteiger partial charge is 0.369 e. The molecule has 0 radical (unpaired) electrons. The van der Waals surface area contributed by atoms with Gasteiger partial charge in [0.25, 0.3) is 0 Å². The predicted molar refractivity (Wildman–Crippen MR) is 120 cm³/mol. The molecule has 2 aromatic carbocycles. The van der Waals surface area contributed by atoms with Crippen molar-refractivity contribution in [2.45, 2.75) is 23.8 Å². The van der Waals surface area contributed by atoms with Gasteiger partial charge >= 0.3 is 0 Å². The van der Waals surface area contributed by atoms with Crippen LogP contribution in [0.3, 0.4) is 0 Å². The minimum atomic E-state index is -3.25. The minimum Gasteiger partial charge on any atom is -0.369 e. The number of hydrogen-bond acceptors (Lipinski definition) is 4. The Morgan fingerprint density at radius 2 is 2.00 bits per heavy atom. The number of halogens is 1. The molecule has 2 N–H and O–H groups in total. The first-order chi connectivity index (χ1) is 14.0. The second-order valence-electron chi connectivity index (χ2n) is 7.04. The Hall–Kier alpha value is -2.25. The van der Waals surface area contributed by atoms with Crippen LogP contribution in [0.15, 0.2) is 64.5 Å². The smallest absolute Gasteiger partial charge is 0.191 e. The lowest BCUT2D eigenvalue weighted by molar-refractivity contribution is 0.591. The van der Waals surface area contributed by atoms with Crippen LogP contribution >= 0.6 is 11.6 Å². The molecule has 1 aliphatic rings. The van der Waals surface area contributed by atoms with Crippen molar-refractivity contribution in [3.8, 4) is 0 Å². The molecule has 0 aliphatic carbocycles. The third-order valence-electron chi connectivity index (χ3n) is 4.91. The molecule has 2 aromatic rings. The summed E-state index contributed by atoms with van der Waals surface area (Å²) in [6.45, 7) is 2.35. The van der Waals surface area contributed by atoms with E-state index in [0.717, 1.165) is 30.2 Å². The van der Waals surface area contributed by atoms with Gasteiger partial charge in [-0.05, 0) is 43.2 Å². The van der Waals surface area contributed by atoms with E-state index in [1.807, 2.05) is 24.3 Å². The van der Waals surface area contributed by atoms with Crippen LogP contribution in [-0.4, -0.2) is 52.9 Å². The molecule has 1 aliphatic heterocycles. The number of guanidine groups is 1. The van der Waals surface area contributed by atoms with E-state index in [-0.39, 0.29) is 11.8 Å². The number of nitrogens with one attached hydrogen (secondary N) is 2. The molecule has 1 fully saturated rings. The van der Waals surface area contributed by atoms with Crippen molar-refractivity contribution in [1.82, 2.24) is 10.6 Å². The van der Waals surface area contributed by atoms with Gasteiger partial charge in [-0.3, -0.25) is 4.99 Å². The average molecular weight is 435 g/mol. The van der Waals surface area contributed by atoms with Crippen molar-refractivity contribution in [2.75, 3.05) is 37.3 Å². The van der Waals surface area contributed by atoms with Gasteiger partial charge in [-0.25, -0.2) is 8.42 Å². The van der Waals surface area contributed by atoms with Gasteiger partial charge in [-0.1, -0.05) is 35.9 Å². The molecule has 3 rings (SSSR count). The Labute approximate surface area is 177 Å². The van der Waals surface area contributed by atoms with Gasteiger partial charge in [0.1, 0.15) is 0 Å². The molecule has 1 saturated heterocycles. The predicted octanol–water partition coefficient (Wildman–Crippen LogP) is 2.95. The quantitative estimate of drug-likeness (QED) is 0.398. The maximum atomic E-state index is 12.3. The molecule has 0 aromatic heterocycles. The molecule has 0 saturated carbocycles. The van der Waals surface area contributed by atoms with Crippen LogP contribution in [-0.2, 0) is 9.84 Å². The van der Waals surface area contributed by atoms with Crippen molar-refractivity contribution in [2.24, 2.45) is 4.99 Å². The Balaban J connectivity index is 1.43. The maximum Gasteiger partial charge on any atom is 0.191 e. The fraction of sp³-hybridized carbons (Fsp3) is 0.381. The van der Waals surface area contributed by atoms with E-state index in [2.05, 4.69) is 26.6 Å². The van der Waals surface area contributed by atoms with Crippen LogP contribution in [0.5, 0.6) is 0 Å². The van der Waals surface area contributed by atoms with Crippen LogP contribution in [0.25, 0.3) is 0 Å². The Morgan fingerprint density at radius 1 is 1.21 bits per heavy atom. The van der Waals surface area contributed by atoms with Gasteiger partial charge in [0.2, 0.25) is 0 Å². The first kappa shape index (κ1) is 21.5. The normalized spacial score (nSPS) is 17.4. The molecule has 1 atom stereocenters. The second kappa shape index (κ2) is 9.98. The van der Waals surface area contributed by atoms with Crippen molar-refractivity contribution in [3.05, 3.63) is 59.6 Å². The van der Waals surface area contributed by atoms with Crippen LogP contribution < -0.4 is 15.5 Å². The molecule has 1 heterocycles. The monoisotopic (exact) mass is 434 g/mol. The third kappa shape index (κ3) is 6.11. The Bertz CT molecular complexity index is 935. The number of nitrogens with zero attached hydrogens (tertiary/aromatic N) is 2. The summed E-state index contributed by atoms with van der Waals surface area (Å²) in [5.41, 5.74) is 1.12. The zero-order valence-corrected chi connectivity index (χ0v) is 18.1. The van der Waals surface area contributed by atoms with E-state index >= 15 is 0 Å². The Morgan fingerprint density at radius 3 is 2.72 bits per heavy atom. The van der Waals surface area contributed by atoms with Crippen molar-refractivity contribution in [3.63, 3.8) is 0 Å². The molecular weight excluding hydrogens is 408 g/mol. The minimum absolute atomic E-state index is 0.104. The van der Waals surface area contributed by atoms with E-state index in [9.17, 15) is 8.42 Å². The van der Waals surface area contributed by atoms with Gasteiger partial charge in [0.05, 0.1) is 10.6 Å². The summed E-state index contributed by atoms with van der Waals surface area (Å²) in [6, 6.07) is 16.7. The van der Waals surface area contributed by atoms with Crippen LogP contribution in [0, 0.1) is 0 Å². The van der Waals surface area contributed by atoms with Crippen molar-refractivity contribution >= 4 is 33.1 Å². The molecule has 6 nitrogen and oxygen atoms in total. The summed E-state index contributed by atoms with van der Waals surface area (Å²) in [4.78, 5) is 6.93. The SMILES string of the molecule is CN=C(NCCCS(=O)(=O)c1ccccc1)NC1CCN(c2cccc(Cl)c2)C1. The summed E-state index contributed by atoms with van der Waals surface area (Å²) < 4.78 is 24.7. The van der Waals surface area contributed by atoms with Gasteiger partial charge in [0, 0.05) is 43.4 Å². The van der Waals surface area contributed by atoms with Gasteiger partial charge in [-0.2, -0.15) is 0 Å². The van der Waals surface area contributed by atoms with E-state index in [4.69, 9.17) is 11.6 Å². The third-order valence-corrected chi connectivity index (χ3v) is 6.96. The van der Waals surface area contributed by atoms with Gasteiger partial charge < -0.3 is 15.5 Å². The molecule has 0 amide bonds. The number of sulfone groups is 1. The van der Waals surface area contributed by atoms with Crippen LogP contribution in [0.1, 0.15) is 12.8 Å². The molecule has 8 heteroatoms. The topological polar surface area (TPSA) is 73.8 Å². The molecule has 156 valence electrons. The number of anilines is 1. The highest BCUT2D eigenvalue weighted by molar-refractivity contribution is 7.91. The first-order valence-corrected chi connectivity index (χ1v) is 11.8. The average Bonchev–Trinajstić information content (AvgIpc) is 3.19. The highest BCUT2D eigenvalue weighted by atomic mass is 35.5. The Kier molecular flexibility index (Phi) is 7.39. The van der Waals surface area contributed by atoms with Crippen molar-refractivity contribution < 1.29 is 8.42 Å². The van der Waals surface area contributed by atoms with E-state index in [1.165, 1.54) is 0 Å². The lowest BCUT2D eigenvalue weighted by Gasteiger charge is -2.20. The summed E-state index contributed by atoms with van der Waals surface area (Å²) in [5, 5.41) is 7.38. The highest BCUT2D eigenvalue weighted by Crippen LogP contribution is 2.23. The van der Waals surface area contributed by atoms with Gasteiger partial charge in [0.15, 0.2) is 15.8 Å². The number of aliphatic imine (C=N–C) groups is 1. The summed E-state index contributed by atoms with van der Waals surface area (Å²) in [7, 11) is -1.52. The molecule has 1 unspecified atom stereocenters. The van der Waals surface area contributed by atoms with E-state index < -0.39 is 9.84 Å². The standard InChI is InChI=1S/C21H27ClN4O2S/c1-23-21(24-12-6-14-29(27,28)20-9-3-2-4-10-20)25-18-11-13-26(16-18)19-8-5-7-17(22)15-19/h2-5,7-10,15,18H,6,11-14,16H2,1H3,(H2,23,24,25). The summed E-state index contributed by atoms with van der Waals surface area (Å²) in [6.07, 6.45) is 1.51. The summed E-state index contributed by atoms with van der Waals surface area (Å²) in [5.74, 6) is 0.799. The van der Waals surface area contributed by atoms with E-state index in [1.54, 1.807) is 31.3 Å². The lowest BCUT2D eigenvalue weighted by Crippen LogP contribution is -2.45. The zero-order valence-electron chi connectivity index (χ0n) is 16.5. The molecular formula is C21H27ClN4O2S. The maximum absolute atomic E-state index is 12.3. The fourth-order valence-electron chi connectivity index (χ4n) is 3.39. The van der Waals surface area contributed by atoms with Gasteiger partial charge in [-0.15, -0.1) is 0 Å². The van der Waals surface area contributed by atoms with Crippen LogP contribution in [0.4, 0.5) is 5.69 Å². The summed E-state index contributed by atoms with van der Waals surface area (Å²) >= 11 is 6.09. The number of benzene rings is 2.